The maximum atomic E-state index is 12.8. The number of hydrazone groups is 1. The summed E-state index contributed by atoms with van der Waals surface area (Å²) < 4.78 is 5.85. The monoisotopic (exact) mass is 401 g/mol. The molecule has 0 unspecified atom stereocenters. The van der Waals surface area contributed by atoms with Crippen LogP contribution >= 0.6 is 0 Å². The van der Waals surface area contributed by atoms with E-state index in [1.807, 2.05) is 44.2 Å². The molecule has 2 aromatic carbocycles. The predicted molar refractivity (Wildman–Crippen MR) is 115 cm³/mol. The van der Waals surface area contributed by atoms with Crippen LogP contribution in [0, 0.1) is 24.0 Å². The van der Waals surface area contributed by atoms with E-state index >= 15 is 0 Å². The average Bonchev–Trinajstić information content (AvgIpc) is 3.30. The highest BCUT2D eigenvalue weighted by Crippen LogP contribution is 2.34. The number of carbonyl (C=O) groups is 1. The molecule has 1 amide bonds. The molecule has 150 valence electrons. The Hall–Kier alpha value is -4.00. The molecule has 0 spiro atoms. The molecular formula is C23H19N3O4. The van der Waals surface area contributed by atoms with Gasteiger partial charge in [-0.05, 0) is 68.3 Å². The molecule has 0 atom stereocenters. The van der Waals surface area contributed by atoms with Crippen LogP contribution in [0.5, 0.6) is 0 Å². The Morgan fingerprint density at radius 1 is 1.03 bits per heavy atom. The van der Waals surface area contributed by atoms with Crippen LogP contribution in [-0.2, 0) is 4.79 Å². The number of nitro groups is 1. The molecule has 0 saturated heterocycles. The Labute approximate surface area is 173 Å². The van der Waals surface area contributed by atoms with Crippen molar-refractivity contribution in [1.29, 1.82) is 0 Å². The van der Waals surface area contributed by atoms with E-state index in [1.165, 1.54) is 5.01 Å². The number of hydrogen-bond donors (Lipinski definition) is 0. The minimum atomic E-state index is -0.419. The van der Waals surface area contributed by atoms with Crippen LogP contribution in [0.2, 0.25) is 0 Å². The van der Waals surface area contributed by atoms with Crippen molar-refractivity contribution in [3.8, 4) is 11.3 Å². The lowest BCUT2D eigenvalue weighted by Crippen LogP contribution is -2.21. The number of carbonyl (C=O) groups excluding carboxylic acids is 1. The summed E-state index contributed by atoms with van der Waals surface area (Å²) in [6, 6.07) is 15.8. The average molecular weight is 401 g/mol. The zero-order chi connectivity index (χ0) is 21.4. The van der Waals surface area contributed by atoms with Gasteiger partial charge in [-0.15, -0.1) is 0 Å². The third kappa shape index (κ3) is 3.41. The molecule has 1 aliphatic heterocycles. The van der Waals surface area contributed by atoms with E-state index in [9.17, 15) is 14.9 Å². The number of nitro benzene ring substituents is 1. The summed E-state index contributed by atoms with van der Waals surface area (Å²) >= 11 is 0. The fourth-order valence-electron chi connectivity index (χ4n) is 3.30. The van der Waals surface area contributed by atoms with Gasteiger partial charge in [0.05, 0.1) is 27.5 Å². The van der Waals surface area contributed by atoms with Gasteiger partial charge in [-0.25, -0.2) is 0 Å². The number of aryl methyl sites for hydroxylation is 2. The minimum Gasteiger partial charge on any atom is -0.456 e. The number of benzene rings is 2. The van der Waals surface area contributed by atoms with Gasteiger partial charge < -0.3 is 4.42 Å². The molecule has 0 fully saturated rings. The van der Waals surface area contributed by atoms with Crippen molar-refractivity contribution in [3.05, 3.63) is 87.2 Å². The molecule has 0 saturated carbocycles. The number of anilines is 1. The zero-order valence-electron chi connectivity index (χ0n) is 16.7. The zero-order valence-corrected chi connectivity index (χ0v) is 16.7. The predicted octanol–water partition coefficient (Wildman–Crippen LogP) is 5.28. The number of rotatable bonds is 4. The third-order valence-corrected chi connectivity index (χ3v) is 5.05. The van der Waals surface area contributed by atoms with E-state index in [1.54, 1.807) is 37.3 Å². The first kappa shape index (κ1) is 19.3. The molecule has 4 rings (SSSR count). The molecular weight excluding hydrogens is 382 g/mol. The maximum absolute atomic E-state index is 12.8. The number of hydrogen-bond acceptors (Lipinski definition) is 5. The number of nitrogens with zero attached hydrogens (tertiary/aromatic N) is 3. The van der Waals surface area contributed by atoms with Gasteiger partial charge in [0.15, 0.2) is 0 Å². The summed E-state index contributed by atoms with van der Waals surface area (Å²) in [5.41, 5.74) is 3.81. The Balaban J connectivity index is 1.69. The number of amides is 1. The largest absolute Gasteiger partial charge is 0.456 e. The number of furan rings is 1. The maximum Gasteiger partial charge on any atom is 0.280 e. The van der Waals surface area contributed by atoms with Crippen molar-refractivity contribution in [1.82, 2.24) is 0 Å². The lowest BCUT2D eigenvalue weighted by molar-refractivity contribution is -0.384. The Morgan fingerprint density at radius 2 is 1.73 bits per heavy atom. The second kappa shape index (κ2) is 7.44. The van der Waals surface area contributed by atoms with Crippen molar-refractivity contribution in [3.63, 3.8) is 0 Å². The summed E-state index contributed by atoms with van der Waals surface area (Å²) in [5.74, 6) is 0.538. The second-order valence-electron chi connectivity index (χ2n) is 7.11. The standard InChI is InChI=1S/C23H19N3O4/c1-14-11-20(21(26(28)29)12-15(14)2)22-10-9-18(30-22)13-19-16(3)24-25(23(19)27)17-7-5-4-6-8-17/h4-13H,1-3H3. The van der Waals surface area contributed by atoms with Gasteiger partial charge in [0, 0.05) is 6.07 Å². The Bertz CT molecular complexity index is 1220. The number of para-hydroxylation sites is 1. The quantitative estimate of drug-likeness (QED) is 0.338. The highest BCUT2D eigenvalue weighted by atomic mass is 16.6. The molecule has 0 N–H and O–H groups in total. The van der Waals surface area contributed by atoms with Crippen LogP contribution in [0.4, 0.5) is 11.4 Å². The fourth-order valence-corrected chi connectivity index (χ4v) is 3.30. The van der Waals surface area contributed by atoms with Crippen molar-refractivity contribution in [2.45, 2.75) is 20.8 Å². The van der Waals surface area contributed by atoms with Crippen LogP contribution in [0.3, 0.4) is 0 Å². The van der Waals surface area contributed by atoms with E-state index in [4.69, 9.17) is 4.42 Å². The van der Waals surface area contributed by atoms with Crippen molar-refractivity contribution in [2.75, 3.05) is 5.01 Å². The van der Waals surface area contributed by atoms with E-state index in [0.717, 1.165) is 11.1 Å². The first-order chi connectivity index (χ1) is 14.3. The van der Waals surface area contributed by atoms with E-state index in [2.05, 4.69) is 5.10 Å². The molecule has 1 aliphatic rings. The highest BCUT2D eigenvalue weighted by molar-refractivity contribution is 6.32. The van der Waals surface area contributed by atoms with Crippen LogP contribution in [0.25, 0.3) is 17.4 Å². The first-order valence-electron chi connectivity index (χ1n) is 9.38. The highest BCUT2D eigenvalue weighted by Gasteiger charge is 2.29. The first-order valence-corrected chi connectivity index (χ1v) is 9.38. The van der Waals surface area contributed by atoms with E-state index < -0.39 is 4.92 Å². The Kier molecular flexibility index (Phi) is 4.79. The molecule has 3 aromatic rings. The molecule has 7 nitrogen and oxygen atoms in total. The summed E-state index contributed by atoms with van der Waals surface area (Å²) in [4.78, 5) is 23.9. The lowest BCUT2D eigenvalue weighted by Gasteiger charge is -2.10. The fraction of sp³-hybridized carbons (Fsp3) is 0.130. The van der Waals surface area contributed by atoms with Gasteiger partial charge in [-0.2, -0.15) is 10.1 Å². The Morgan fingerprint density at radius 3 is 2.43 bits per heavy atom. The van der Waals surface area contributed by atoms with E-state index in [-0.39, 0.29) is 11.6 Å². The molecule has 1 aromatic heterocycles. The van der Waals surface area contributed by atoms with Gasteiger partial charge in [-0.1, -0.05) is 18.2 Å². The third-order valence-electron chi connectivity index (χ3n) is 5.05. The van der Waals surface area contributed by atoms with Gasteiger partial charge in [-0.3, -0.25) is 14.9 Å². The van der Waals surface area contributed by atoms with Gasteiger partial charge in [0.1, 0.15) is 11.5 Å². The molecule has 0 bridgehead atoms. The van der Waals surface area contributed by atoms with Crippen LogP contribution in [-0.4, -0.2) is 16.5 Å². The smallest absolute Gasteiger partial charge is 0.280 e. The van der Waals surface area contributed by atoms with Gasteiger partial charge >= 0.3 is 0 Å². The molecule has 7 heteroatoms. The van der Waals surface area contributed by atoms with Crippen LogP contribution in [0.1, 0.15) is 23.8 Å². The van der Waals surface area contributed by atoms with E-state index in [0.29, 0.717) is 34.1 Å². The minimum absolute atomic E-state index is 0.0170. The van der Waals surface area contributed by atoms with Crippen LogP contribution in [0.15, 0.2) is 69.7 Å². The molecule has 0 aliphatic carbocycles. The SMILES string of the molecule is CC1=NN(c2ccccc2)C(=O)C1=Cc1ccc(-c2cc(C)c(C)cc2[N+](=O)[O-])o1. The summed E-state index contributed by atoms with van der Waals surface area (Å²) in [7, 11) is 0. The normalized spacial score (nSPS) is 15.0. The summed E-state index contributed by atoms with van der Waals surface area (Å²) in [6.07, 6.45) is 1.61. The topological polar surface area (TPSA) is 89.0 Å². The molecule has 30 heavy (non-hydrogen) atoms. The van der Waals surface area contributed by atoms with Crippen molar-refractivity contribution < 1.29 is 14.1 Å². The lowest BCUT2D eigenvalue weighted by atomic mass is 10.0. The van der Waals surface area contributed by atoms with Crippen molar-refractivity contribution in [2.24, 2.45) is 5.10 Å². The molecule has 2 heterocycles. The summed E-state index contributed by atoms with van der Waals surface area (Å²) in [5, 5.41) is 17.2. The molecule has 0 radical (unpaired) electrons. The second-order valence-corrected chi connectivity index (χ2v) is 7.11. The van der Waals surface area contributed by atoms with Gasteiger partial charge in [0.25, 0.3) is 11.6 Å². The van der Waals surface area contributed by atoms with Crippen molar-refractivity contribution >= 4 is 29.1 Å². The van der Waals surface area contributed by atoms with Gasteiger partial charge in [0.2, 0.25) is 0 Å². The van der Waals surface area contributed by atoms with Crippen LogP contribution < -0.4 is 5.01 Å². The summed E-state index contributed by atoms with van der Waals surface area (Å²) in [6.45, 7) is 5.48.